The minimum absolute atomic E-state index is 0.0183. The zero-order valence-electron chi connectivity index (χ0n) is 49.0. The lowest BCUT2D eigenvalue weighted by atomic mass is 9.99. The van der Waals surface area contributed by atoms with Gasteiger partial charge in [0.25, 0.3) is 5.91 Å². The summed E-state index contributed by atoms with van der Waals surface area (Å²) in [4.78, 5) is 131. The highest BCUT2D eigenvalue weighted by molar-refractivity contribution is 5.98. The van der Waals surface area contributed by atoms with Crippen LogP contribution >= 0.6 is 0 Å². The van der Waals surface area contributed by atoms with Gasteiger partial charge in [0.05, 0.1) is 6.61 Å². The number of nitrogens with zero attached hydrogens (tertiary/aromatic N) is 1. The van der Waals surface area contributed by atoms with Crippen LogP contribution in [0.15, 0.2) is 60.7 Å². The van der Waals surface area contributed by atoms with Gasteiger partial charge in [0, 0.05) is 19.5 Å². The molecule has 2 aromatic rings. The molecule has 3 aliphatic heterocycles. The number of nitrogens with two attached hydrogens (primary N) is 2. The molecule has 3 saturated heterocycles. The first-order valence-corrected chi connectivity index (χ1v) is 29.2. The van der Waals surface area contributed by atoms with Crippen molar-refractivity contribution in [3.05, 3.63) is 71.8 Å². The Hall–Kier alpha value is -6.53. The lowest BCUT2D eigenvalue weighted by Crippen LogP contribution is -2.61. The van der Waals surface area contributed by atoms with Crippen LogP contribution in [0.3, 0.4) is 0 Å². The first kappa shape index (κ1) is 66.3. The van der Waals surface area contributed by atoms with Gasteiger partial charge in [0.1, 0.15) is 66.6 Å². The van der Waals surface area contributed by atoms with Crippen LogP contribution in [0.5, 0.6) is 0 Å². The van der Waals surface area contributed by atoms with E-state index in [2.05, 4.69) is 42.5 Å². The highest BCUT2D eigenvalue weighted by atomic mass is 16.6. The molecule has 82 heavy (non-hydrogen) atoms. The van der Waals surface area contributed by atoms with Gasteiger partial charge in [-0.3, -0.25) is 43.2 Å². The van der Waals surface area contributed by atoms with Crippen LogP contribution in [0.1, 0.15) is 118 Å². The molecule has 0 saturated carbocycles. The van der Waals surface area contributed by atoms with E-state index in [1.54, 1.807) is 76.2 Å². The smallest absolute Gasteiger partial charge is 0.252 e. The maximum atomic E-state index is 14.9. The number of amides is 9. The molecule has 5 rings (SSSR count). The van der Waals surface area contributed by atoms with Crippen LogP contribution < -0.4 is 54.0 Å². The summed E-state index contributed by atoms with van der Waals surface area (Å²) in [5, 5.41) is 34.3. The molecular formula is C59H91N11O12. The quantitative estimate of drug-likeness (QED) is 0.102. The van der Waals surface area contributed by atoms with E-state index in [-0.39, 0.29) is 89.6 Å². The summed E-state index contributed by atoms with van der Waals surface area (Å²) in [6.07, 6.45) is -3.87. The van der Waals surface area contributed by atoms with Crippen molar-refractivity contribution in [3.8, 4) is 0 Å². The molecule has 3 heterocycles. The van der Waals surface area contributed by atoms with Gasteiger partial charge in [-0.15, -0.1) is 0 Å². The predicted octanol–water partition coefficient (Wildman–Crippen LogP) is 0.339. The van der Waals surface area contributed by atoms with Gasteiger partial charge in [0.15, 0.2) is 6.10 Å². The molecule has 0 spiro atoms. The average molecular weight is 1150 g/mol. The van der Waals surface area contributed by atoms with Crippen LogP contribution in [-0.4, -0.2) is 162 Å². The maximum absolute atomic E-state index is 14.9. The van der Waals surface area contributed by atoms with Gasteiger partial charge in [-0.1, -0.05) is 116 Å². The normalized spacial score (nSPS) is 28.2. The Kier molecular flexibility index (Phi) is 26.1. The molecule has 2 aromatic carbocycles. The maximum Gasteiger partial charge on any atom is 0.252 e. The Labute approximate surface area is 482 Å². The van der Waals surface area contributed by atoms with Gasteiger partial charge in [-0.05, 0) is 99.3 Å². The van der Waals surface area contributed by atoms with Crippen molar-refractivity contribution in [1.29, 1.82) is 0 Å². The number of carbonyl (C=O) groups is 9. The summed E-state index contributed by atoms with van der Waals surface area (Å²) < 4.78 is 12.4. The minimum atomic E-state index is -1.52. The molecule has 0 radical (unpaired) electrons. The van der Waals surface area contributed by atoms with Crippen molar-refractivity contribution in [2.45, 2.75) is 193 Å². The molecule has 12 atom stereocenters. The number of aliphatic hydroxyl groups is 1. The molecule has 0 aliphatic carbocycles. The van der Waals surface area contributed by atoms with Crippen molar-refractivity contribution in [2.75, 3.05) is 26.2 Å². The van der Waals surface area contributed by atoms with E-state index < -0.39 is 138 Å². The Morgan fingerprint density at radius 3 is 1.54 bits per heavy atom. The molecule has 454 valence electrons. The molecule has 2 unspecified atom stereocenters. The first-order chi connectivity index (χ1) is 39.0. The zero-order chi connectivity index (χ0) is 60.2. The zero-order valence-corrected chi connectivity index (χ0v) is 49.0. The fraction of sp³-hybridized carbons (Fsp3) is 0.644. The number of hydrogen-bond donors (Lipinski definition) is 11. The molecule has 3 fully saturated rings. The summed E-state index contributed by atoms with van der Waals surface area (Å²) in [5.41, 5.74) is 13.2. The van der Waals surface area contributed by atoms with Gasteiger partial charge >= 0.3 is 0 Å². The molecule has 0 aromatic heterocycles. The topological polar surface area (TPSA) is 344 Å². The summed E-state index contributed by atoms with van der Waals surface area (Å²) in [5.74, 6) is -7.55. The summed E-state index contributed by atoms with van der Waals surface area (Å²) in [6.45, 7) is 14.3. The Morgan fingerprint density at radius 2 is 1.04 bits per heavy atom. The molecule has 9 amide bonds. The van der Waals surface area contributed by atoms with Crippen LogP contribution in [0.25, 0.3) is 0 Å². The number of hydrogen-bond acceptors (Lipinski definition) is 14. The molecule has 23 nitrogen and oxygen atoms in total. The van der Waals surface area contributed by atoms with Gasteiger partial charge in [0.2, 0.25) is 47.3 Å². The summed E-state index contributed by atoms with van der Waals surface area (Å²) in [7, 11) is 0. The number of carbonyl (C=O) groups excluding carboxylic acids is 9. The van der Waals surface area contributed by atoms with E-state index in [4.69, 9.17) is 20.9 Å². The molecular weight excluding hydrogens is 1050 g/mol. The predicted molar refractivity (Wildman–Crippen MR) is 306 cm³/mol. The third kappa shape index (κ3) is 19.3. The average Bonchev–Trinajstić information content (AvgIpc) is 4.30. The number of fused-ring (bicyclic) bond motifs is 3. The second-order valence-electron chi connectivity index (χ2n) is 23.4. The molecule has 13 N–H and O–H groups in total. The number of aliphatic hydroxyl groups excluding tert-OH is 1. The fourth-order valence-electron chi connectivity index (χ4n) is 10.4. The number of benzene rings is 2. The van der Waals surface area contributed by atoms with Gasteiger partial charge in [-0.25, -0.2) is 0 Å². The molecule has 2 bridgehead atoms. The van der Waals surface area contributed by atoms with Crippen LogP contribution in [0.2, 0.25) is 0 Å². The Bertz CT molecular complexity index is 2450. The highest BCUT2D eigenvalue weighted by Gasteiger charge is 2.49. The Balaban J connectivity index is 1.56. The highest BCUT2D eigenvalue weighted by Crippen LogP contribution is 2.27. The van der Waals surface area contributed by atoms with E-state index in [0.29, 0.717) is 18.4 Å². The van der Waals surface area contributed by atoms with Crippen LogP contribution in [0, 0.1) is 23.7 Å². The van der Waals surface area contributed by atoms with E-state index in [9.17, 15) is 48.3 Å². The fourth-order valence-corrected chi connectivity index (χ4v) is 10.4. The van der Waals surface area contributed by atoms with Crippen molar-refractivity contribution in [3.63, 3.8) is 0 Å². The number of rotatable bonds is 17. The van der Waals surface area contributed by atoms with Crippen molar-refractivity contribution >= 4 is 53.2 Å². The third-order valence-electron chi connectivity index (χ3n) is 14.9. The minimum Gasteiger partial charge on any atom is -0.387 e. The van der Waals surface area contributed by atoms with Crippen LogP contribution in [0.4, 0.5) is 0 Å². The molecule has 3 aliphatic rings. The van der Waals surface area contributed by atoms with Gasteiger partial charge < -0.3 is 73.5 Å². The summed E-state index contributed by atoms with van der Waals surface area (Å²) >= 11 is 0. The number of nitrogens with one attached hydrogen (secondary N) is 8. The van der Waals surface area contributed by atoms with E-state index >= 15 is 0 Å². The monoisotopic (exact) mass is 1150 g/mol. The van der Waals surface area contributed by atoms with Crippen LogP contribution in [-0.2, 0) is 65.7 Å². The van der Waals surface area contributed by atoms with E-state index in [1.807, 2.05) is 39.8 Å². The third-order valence-corrected chi connectivity index (χ3v) is 14.9. The van der Waals surface area contributed by atoms with Crippen molar-refractivity contribution < 1.29 is 57.7 Å². The number of ether oxygens (including phenoxy) is 2. The van der Waals surface area contributed by atoms with Crippen molar-refractivity contribution in [2.24, 2.45) is 35.1 Å². The molecule has 23 heteroatoms. The second-order valence-corrected chi connectivity index (χ2v) is 23.4. The largest absolute Gasteiger partial charge is 0.387 e. The summed E-state index contributed by atoms with van der Waals surface area (Å²) in [6, 6.07) is 8.42. The lowest BCUT2D eigenvalue weighted by molar-refractivity contribution is -0.143. The van der Waals surface area contributed by atoms with Crippen molar-refractivity contribution in [1.82, 2.24) is 47.4 Å². The SMILES string of the molecule is CC(C)C[C@@H]1NC(=O)[C@H](CCCN)NC(=O)[C@H](C(C)C)NC(=O)[C@@H]2CCCN2C(=O)[C@@H](Cc2ccccc2)NC(=O)[C@H](CC(C)C)NC(=O)[C@H](CCCN)NC(=O)[C@H](C(C)C)NC(=O)C2OC(CNC1=O)[C@@H](O)[C@@H]2OCc1ccccc1. The standard InChI is InChI=1S/C59H91N11O12/c1-33(2)28-41-51(72)62-31-45-48(71)49(81-32-38-20-13-10-14-21-38)50(82-45)58(79)69-47(36(7)8)57(78)64-40(23-16-26-61)53(74)66-42(29-34(3)4)54(75)67-43(30-37-18-11-9-12-19-37)59(80)70-27-17-24-44(70)55(76)68-46(35(5)6)56(77)63-39(22-15-25-60)52(73)65-41/h9-14,18-21,33-36,39-50,71H,15-17,22-32,60-61H2,1-8H3,(H,62,72)(H,63,77)(H,64,78)(H,65,73)(H,66,74)(H,67,75)(H,68,76)(H,69,79)/t39-,40-,41-,42-,43+,44-,45?,46-,47-,48+,49-,50?/m0/s1. The Morgan fingerprint density at radius 1 is 0.573 bits per heavy atom. The van der Waals surface area contributed by atoms with E-state index in [0.717, 1.165) is 5.56 Å². The first-order valence-electron chi connectivity index (χ1n) is 29.2. The second kappa shape index (κ2) is 32.4. The van der Waals surface area contributed by atoms with E-state index in [1.165, 1.54) is 4.90 Å². The van der Waals surface area contributed by atoms with Gasteiger partial charge in [-0.2, -0.15) is 0 Å². The lowest BCUT2D eigenvalue weighted by Gasteiger charge is -2.32.